The topological polar surface area (TPSA) is 40.5 Å². The molecule has 0 aromatic carbocycles. The number of hydrogen-bond donors (Lipinski definition) is 2. The van der Waals surface area contributed by atoms with E-state index in [2.05, 4.69) is 39.8 Å². The van der Waals surface area contributed by atoms with Gasteiger partial charge in [0.15, 0.2) is 0 Å². The second-order valence-corrected chi connectivity index (χ2v) is 9.09. The monoisotopic (exact) mass is 304 g/mol. The van der Waals surface area contributed by atoms with Gasteiger partial charge in [0.1, 0.15) is 0 Å². The smallest absolute Gasteiger partial charge is 0.0800 e. The summed E-state index contributed by atoms with van der Waals surface area (Å²) in [6, 6.07) is 0. The van der Waals surface area contributed by atoms with Crippen LogP contribution in [-0.4, -0.2) is 21.9 Å². The minimum atomic E-state index is -0.685. The predicted octanol–water partition coefficient (Wildman–Crippen LogP) is 4.08. The highest BCUT2D eigenvalue weighted by Gasteiger charge is 2.57. The van der Waals surface area contributed by atoms with Gasteiger partial charge in [0.05, 0.1) is 11.7 Å². The van der Waals surface area contributed by atoms with Gasteiger partial charge >= 0.3 is 0 Å². The van der Waals surface area contributed by atoms with E-state index >= 15 is 0 Å². The van der Waals surface area contributed by atoms with Crippen LogP contribution in [0, 0.1) is 28.6 Å². The molecule has 2 nitrogen and oxygen atoms in total. The van der Waals surface area contributed by atoms with E-state index in [0.717, 1.165) is 25.7 Å². The number of fused-ring (bicyclic) bond motifs is 3. The predicted molar refractivity (Wildman–Crippen MR) is 90.4 cm³/mol. The summed E-state index contributed by atoms with van der Waals surface area (Å²) in [6.45, 7) is 11.1. The van der Waals surface area contributed by atoms with Crippen molar-refractivity contribution in [2.45, 2.75) is 72.0 Å². The molecule has 0 saturated heterocycles. The van der Waals surface area contributed by atoms with E-state index in [1.165, 1.54) is 5.57 Å². The lowest BCUT2D eigenvalue weighted by Crippen LogP contribution is -2.48. The fraction of sp³-hybridized carbons (Fsp3) is 0.800. The molecule has 0 unspecified atom stereocenters. The Bertz CT molecular complexity index is 516. The van der Waals surface area contributed by atoms with E-state index < -0.39 is 5.60 Å². The molecule has 6 atom stereocenters. The molecule has 0 heterocycles. The van der Waals surface area contributed by atoms with Gasteiger partial charge in [-0.1, -0.05) is 51.5 Å². The first kappa shape index (κ1) is 16.3. The molecule has 124 valence electrons. The summed E-state index contributed by atoms with van der Waals surface area (Å²) in [4.78, 5) is 0. The summed E-state index contributed by atoms with van der Waals surface area (Å²) in [7, 11) is 0. The van der Waals surface area contributed by atoms with Crippen LogP contribution in [0.25, 0.3) is 0 Å². The molecule has 0 spiro atoms. The second-order valence-electron chi connectivity index (χ2n) is 9.09. The summed E-state index contributed by atoms with van der Waals surface area (Å²) in [6.07, 6.45) is 10.2. The van der Waals surface area contributed by atoms with E-state index in [1.807, 2.05) is 13.0 Å². The highest BCUT2D eigenvalue weighted by atomic mass is 16.3. The molecule has 3 rings (SSSR count). The Morgan fingerprint density at radius 2 is 1.77 bits per heavy atom. The second kappa shape index (κ2) is 4.95. The van der Waals surface area contributed by atoms with E-state index in [1.54, 1.807) is 0 Å². The van der Waals surface area contributed by atoms with Crippen molar-refractivity contribution in [3.63, 3.8) is 0 Å². The van der Waals surface area contributed by atoms with Gasteiger partial charge in [-0.3, -0.25) is 0 Å². The van der Waals surface area contributed by atoms with Gasteiger partial charge in [-0.2, -0.15) is 0 Å². The van der Waals surface area contributed by atoms with Gasteiger partial charge in [0, 0.05) is 5.41 Å². The number of allylic oxidation sites excluding steroid dienone is 2. The van der Waals surface area contributed by atoms with Crippen molar-refractivity contribution in [3.8, 4) is 0 Å². The van der Waals surface area contributed by atoms with Crippen LogP contribution in [0.4, 0.5) is 0 Å². The minimum Gasteiger partial charge on any atom is -0.388 e. The molecule has 22 heavy (non-hydrogen) atoms. The average molecular weight is 304 g/mol. The summed E-state index contributed by atoms with van der Waals surface area (Å²) in [5, 5.41) is 21.2. The first-order chi connectivity index (χ1) is 10.1. The van der Waals surface area contributed by atoms with Crippen molar-refractivity contribution in [1.29, 1.82) is 0 Å². The summed E-state index contributed by atoms with van der Waals surface area (Å²) in [5.41, 5.74) is 0.882. The van der Waals surface area contributed by atoms with Crippen LogP contribution in [-0.2, 0) is 0 Å². The SMILES string of the molecule is CC(C)C1=C[C@H](O)[C@@]2(C)CC[C@@]3(C)C=C[C@@](C)(O)CC[C@@H]3[C@@H]12. The maximum absolute atomic E-state index is 10.7. The Morgan fingerprint density at radius 3 is 2.41 bits per heavy atom. The number of rotatable bonds is 1. The lowest BCUT2D eigenvalue weighted by atomic mass is 9.51. The molecule has 3 aliphatic carbocycles. The fourth-order valence-electron chi connectivity index (χ4n) is 5.30. The highest BCUT2D eigenvalue weighted by molar-refractivity contribution is 5.30. The summed E-state index contributed by atoms with van der Waals surface area (Å²) >= 11 is 0. The molecule has 0 radical (unpaired) electrons. The molecule has 2 N–H and O–H groups in total. The first-order valence-electron chi connectivity index (χ1n) is 8.91. The van der Waals surface area contributed by atoms with Crippen LogP contribution < -0.4 is 0 Å². The molecule has 0 aromatic heterocycles. The lowest BCUT2D eigenvalue weighted by Gasteiger charge is -2.53. The zero-order valence-electron chi connectivity index (χ0n) is 14.8. The van der Waals surface area contributed by atoms with Gasteiger partial charge in [-0.15, -0.1) is 0 Å². The Labute approximate surface area is 135 Å². The standard InChI is InChI=1S/C20H32O2/c1-13(2)14-12-16(21)20(5)11-9-18(3)8-10-19(4,22)7-6-15(18)17(14)20/h8,10,12-13,15-17,21-22H,6-7,9,11H2,1-5H3/t15-,16+,17-,18-,19+,20-/m1/s1. The van der Waals surface area contributed by atoms with Crippen LogP contribution in [0.3, 0.4) is 0 Å². The van der Waals surface area contributed by atoms with Gasteiger partial charge in [0.2, 0.25) is 0 Å². The van der Waals surface area contributed by atoms with Crippen molar-refractivity contribution in [2.75, 3.05) is 0 Å². The van der Waals surface area contributed by atoms with Gasteiger partial charge < -0.3 is 10.2 Å². The molecule has 1 saturated carbocycles. The molecular weight excluding hydrogens is 272 g/mol. The fourth-order valence-corrected chi connectivity index (χ4v) is 5.30. The number of aliphatic hydroxyl groups is 2. The normalized spacial score (nSPS) is 51.3. The highest BCUT2D eigenvalue weighted by Crippen LogP contribution is 2.63. The Kier molecular flexibility index (Phi) is 3.66. The van der Waals surface area contributed by atoms with E-state index in [0.29, 0.717) is 17.8 Å². The molecule has 0 bridgehead atoms. The van der Waals surface area contributed by atoms with E-state index in [9.17, 15) is 10.2 Å². The van der Waals surface area contributed by atoms with Crippen molar-refractivity contribution in [3.05, 3.63) is 23.8 Å². The quantitative estimate of drug-likeness (QED) is 0.717. The molecule has 0 aromatic rings. The molecule has 2 heteroatoms. The third-order valence-corrected chi connectivity index (χ3v) is 7.00. The van der Waals surface area contributed by atoms with Crippen LogP contribution in [0.15, 0.2) is 23.8 Å². The van der Waals surface area contributed by atoms with Gasteiger partial charge in [-0.25, -0.2) is 0 Å². The van der Waals surface area contributed by atoms with Crippen LogP contribution >= 0.6 is 0 Å². The largest absolute Gasteiger partial charge is 0.388 e. The Morgan fingerprint density at radius 1 is 1.09 bits per heavy atom. The van der Waals surface area contributed by atoms with Gasteiger partial charge in [0.25, 0.3) is 0 Å². The molecular formula is C20H32O2. The van der Waals surface area contributed by atoms with Crippen molar-refractivity contribution in [1.82, 2.24) is 0 Å². The molecule has 1 fully saturated rings. The van der Waals surface area contributed by atoms with Crippen molar-refractivity contribution in [2.24, 2.45) is 28.6 Å². The van der Waals surface area contributed by atoms with Gasteiger partial charge in [-0.05, 0) is 55.8 Å². The van der Waals surface area contributed by atoms with E-state index in [-0.39, 0.29) is 16.9 Å². The third-order valence-electron chi connectivity index (χ3n) is 7.00. The maximum atomic E-state index is 10.7. The minimum absolute atomic E-state index is 0.0200. The third kappa shape index (κ3) is 2.30. The molecule has 3 aliphatic rings. The zero-order chi connectivity index (χ0) is 16.3. The van der Waals surface area contributed by atoms with Crippen LogP contribution in [0.2, 0.25) is 0 Å². The average Bonchev–Trinajstić information content (AvgIpc) is 2.62. The van der Waals surface area contributed by atoms with Crippen LogP contribution in [0.1, 0.15) is 60.3 Å². The number of hydrogen-bond acceptors (Lipinski definition) is 2. The molecule has 0 amide bonds. The van der Waals surface area contributed by atoms with Crippen molar-refractivity contribution < 1.29 is 10.2 Å². The Balaban J connectivity index is 2.03. The molecule has 0 aliphatic heterocycles. The van der Waals surface area contributed by atoms with E-state index in [4.69, 9.17) is 0 Å². The summed E-state index contributed by atoms with van der Waals surface area (Å²) < 4.78 is 0. The lowest BCUT2D eigenvalue weighted by molar-refractivity contribution is -0.0492. The van der Waals surface area contributed by atoms with Crippen molar-refractivity contribution >= 4 is 0 Å². The van der Waals surface area contributed by atoms with Crippen LogP contribution in [0.5, 0.6) is 0 Å². The first-order valence-corrected chi connectivity index (χ1v) is 8.91. The zero-order valence-corrected chi connectivity index (χ0v) is 14.8. The Hall–Kier alpha value is -0.600. The number of aliphatic hydroxyl groups excluding tert-OH is 1. The summed E-state index contributed by atoms with van der Waals surface area (Å²) in [5.74, 6) is 1.44. The maximum Gasteiger partial charge on any atom is 0.0800 e.